The van der Waals surface area contributed by atoms with E-state index in [1.54, 1.807) is 36.9 Å². The second-order valence-electron chi connectivity index (χ2n) is 5.34. The van der Waals surface area contributed by atoms with Crippen LogP contribution in [-0.2, 0) is 9.59 Å². The lowest BCUT2D eigenvalue weighted by Gasteiger charge is -2.14. The Morgan fingerprint density at radius 3 is 2.27 bits per heavy atom. The summed E-state index contributed by atoms with van der Waals surface area (Å²) >= 11 is 5.19. The SMILES string of the molecule is CSCC[C@H](NC(=O)c1ccc(N)c(C)c1)C(=O)O.N[C@@H](CS)C(=O)O. The van der Waals surface area contributed by atoms with Gasteiger partial charge in [-0.05, 0) is 49.1 Å². The van der Waals surface area contributed by atoms with Crippen LogP contribution >= 0.6 is 24.4 Å². The molecule has 0 unspecified atom stereocenters. The van der Waals surface area contributed by atoms with Crippen molar-refractivity contribution in [2.75, 3.05) is 23.5 Å². The second-order valence-corrected chi connectivity index (χ2v) is 6.70. The molecule has 0 radical (unpaired) electrons. The average Bonchev–Trinajstić information content (AvgIpc) is 2.60. The molecule has 0 heterocycles. The van der Waals surface area contributed by atoms with Gasteiger partial charge in [-0.15, -0.1) is 0 Å². The minimum Gasteiger partial charge on any atom is -0.480 e. The first-order chi connectivity index (χ1) is 12.1. The summed E-state index contributed by atoms with van der Waals surface area (Å²) in [5.41, 5.74) is 12.4. The van der Waals surface area contributed by atoms with Gasteiger partial charge in [-0.1, -0.05) is 0 Å². The van der Waals surface area contributed by atoms with Crippen LogP contribution in [-0.4, -0.2) is 57.9 Å². The number of amides is 1. The van der Waals surface area contributed by atoms with E-state index >= 15 is 0 Å². The zero-order valence-corrected chi connectivity index (χ0v) is 16.3. The fraction of sp³-hybridized carbons (Fsp3) is 0.438. The summed E-state index contributed by atoms with van der Waals surface area (Å²) in [5.74, 6) is -1.55. The van der Waals surface area contributed by atoms with Crippen molar-refractivity contribution in [3.63, 3.8) is 0 Å². The molecule has 0 aliphatic rings. The largest absolute Gasteiger partial charge is 0.480 e. The predicted octanol–water partition coefficient (Wildman–Crippen LogP) is 0.841. The van der Waals surface area contributed by atoms with Crippen LogP contribution in [0.2, 0.25) is 0 Å². The Morgan fingerprint density at radius 2 is 1.88 bits per heavy atom. The third-order valence-corrected chi connectivity index (χ3v) is 4.30. The molecule has 8 nitrogen and oxygen atoms in total. The number of nitrogens with two attached hydrogens (primary N) is 2. The van der Waals surface area contributed by atoms with Crippen molar-refractivity contribution in [1.82, 2.24) is 5.32 Å². The molecule has 0 bridgehead atoms. The number of anilines is 1. The third kappa shape index (κ3) is 8.97. The van der Waals surface area contributed by atoms with Crippen molar-refractivity contribution in [2.45, 2.75) is 25.4 Å². The Kier molecular flexibility index (Phi) is 11.5. The van der Waals surface area contributed by atoms with Crippen molar-refractivity contribution in [3.05, 3.63) is 29.3 Å². The van der Waals surface area contributed by atoms with Crippen LogP contribution in [0.3, 0.4) is 0 Å². The van der Waals surface area contributed by atoms with Crippen LogP contribution in [0.1, 0.15) is 22.3 Å². The topological polar surface area (TPSA) is 156 Å². The number of hydrogen-bond acceptors (Lipinski definition) is 7. The normalized spacial score (nSPS) is 12.3. The lowest BCUT2D eigenvalue weighted by atomic mass is 10.1. The molecule has 0 fully saturated rings. The number of aryl methyl sites for hydroxylation is 1. The van der Waals surface area contributed by atoms with Gasteiger partial charge in [-0.25, -0.2) is 4.79 Å². The number of benzene rings is 1. The molecule has 26 heavy (non-hydrogen) atoms. The van der Waals surface area contributed by atoms with E-state index in [2.05, 4.69) is 17.9 Å². The number of carboxylic acids is 2. The van der Waals surface area contributed by atoms with Crippen LogP contribution in [0.25, 0.3) is 0 Å². The maximum absolute atomic E-state index is 12.0. The number of aliphatic carboxylic acids is 2. The van der Waals surface area contributed by atoms with E-state index in [4.69, 9.17) is 21.7 Å². The van der Waals surface area contributed by atoms with Crippen LogP contribution in [0.5, 0.6) is 0 Å². The molecule has 1 aromatic rings. The highest BCUT2D eigenvalue weighted by molar-refractivity contribution is 7.98. The molecular weight excluding hydrogens is 378 g/mol. The molecule has 7 N–H and O–H groups in total. The first-order valence-corrected chi connectivity index (χ1v) is 9.64. The van der Waals surface area contributed by atoms with E-state index in [1.807, 2.05) is 6.26 Å². The van der Waals surface area contributed by atoms with Gasteiger partial charge in [0.1, 0.15) is 12.1 Å². The molecule has 0 saturated carbocycles. The van der Waals surface area contributed by atoms with Crippen LogP contribution < -0.4 is 16.8 Å². The van der Waals surface area contributed by atoms with Crippen molar-refractivity contribution in [1.29, 1.82) is 0 Å². The van der Waals surface area contributed by atoms with Gasteiger partial charge >= 0.3 is 11.9 Å². The smallest absolute Gasteiger partial charge is 0.326 e. The first kappa shape index (κ1) is 24.1. The van der Waals surface area contributed by atoms with Gasteiger partial charge in [-0.3, -0.25) is 9.59 Å². The minimum atomic E-state index is -1.02. The van der Waals surface area contributed by atoms with E-state index in [0.717, 1.165) is 5.56 Å². The molecule has 10 heteroatoms. The lowest BCUT2D eigenvalue weighted by molar-refractivity contribution is -0.139. The summed E-state index contributed by atoms with van der Waals surface area (Å²) in [6.45, 7) is 1.80. The maximum atomic E-state index is 12.0. The molecule has 0 spiro atoms. The number of nitrogens with one attached hydrogen (secondary N) is 1. The first-order valence-electron chi connectivity index (χ1n) is 7.62. The standard InChI is InChI=1S/C13H18N2O3S.C3H7NO2S/c1-8-7-9(3-4-10(8)14)12(16)15-11(13(17)18)5-6-19-2;4-2(1-7)3(5)6/h3-4,7,11H,5-6,14H2,1-2H3,(H,15,16)(H,17,18);2,7H,1,4H2,(H,5,6)/t11-;2-/m00/s1. The second kappa shape index (κ2) is 12.4. The molecule has 2 atom stereocenters. The highest BCUT2D eigenvalue weighted by Gasteiger charge is 2.20. The summed E-state index contributed by atoms with van der Waals surface area (Å²) in [5, 5.41) is 19.6. The van der Waals surface area contributed by atoms with Crippen molar-refractivity contribution in [2.24, 2.45) is 5.73 Å². The maximum Gasteiger partial charge on any atom is 0.326 e. The molecule has 0 aliphatic carbocycles. The van der Waals surface area contributed by atoms with Crippen LogP contribution in [0.15, 0.2) is 18.2 Å². The number of carbonyl (C=O) groups excluding carboxylic acids is 1. The number of thioether (sulfide) groups is 1. The Labute approximate surface area is 162 Å². The van der Waals surface area contributed by atoms with E-state index in [-0.39, 0.29) is 5.75 Å². The highest BCUT2D eigenvalue weighted by atomic mass is 32.2. The zero-order valence-electron chi connectivity index (χ0n) is 14.6. The van der Waals surface area contributed by atoms with Crippen molar-refractivity contribution < 1.29 is 24.6 Å². The molecular formula is C16H25N3O5S2. The molecule has 1 aromatic carbocycles. The number of carboxylic acid groups (broad SMARTS) is 2. The minimum absolute atomic E-state index is 0.190. The van der Waals surface area contributed by atoms with Gasteiger partial charge in [0.05, 0.1) is 0 Å². The molecule has 0 aliphatic heterocycles. The molecule has 1 rings (SSSR count). The van der Waals surface area contributed by atoms with Gasteiger partial charge in [0, 0.05) is 17.0 Å². The van der Waals surface area contributed by atoms with Crippen molar-refractivity contribution in [3.8, 4) is 0 Å². The van der Waals surface area contributed by atoms with E-state index in [9.17, 15) is 14.4 Å². The van der Waals surface area contributed by atoms with E-state index in [1.165, 1.54) is 0 Å². The lowest BCUT2D eigenvalue weighted by Crippen LogP contribution is -2.41. The number of carbonyl (C=O) groups is 3. The Balaban J connectivity index is 0.000000758. The van der Waals surface area contributed by atoms with Crippen LogP contribution in [0, 0.1) is 6.92 Å². The monoisotopic (exact) mass is 403 g/mol. The zero-order chi connectivity index (χ0) is 20.3. The average molecular weight is 404 g/mol. The van der Waals surface area contributed by atoms with Gasteiger partial charge in [-0.2, -0.15) is 24.4 Å². The third-order valence-electron chi connectivity index (χ3n) is 3.26. The number of thiol groups is 1. The Hall–Kier alpha value is -1.91. The quantitative estimate of drug-likeness (QED) is 0.275. The predicted molar refractivity (Wildman–Crippen MR) is 107 cm³/mol. The highest BCUT2D eigenvalue weighted by Crippen LogP contribution is 2.13. The number of rotatable bonds is 8. The number of hydrogen-bond donors (Lipinski definition) is 6. The summed E-state index contributed by atoms with van der Waals surface area (Å²) in [7, 11) is 0. The van der Waals surface area contributed by atoms with Gasteiger partial charge in [0.25, 0.3) is 5.91 Å². The van der Waals surface area contributed by atoms with E-state index in [0.29, 0.717) is 23.4 Å². The summed E-state index contributed by atoms with van der Waals surface area (Å²) < 4.78 is 0. The van der Waals surface area contributed by atoms with Gasteiger partial charge < -0.3 is 27.0 Å². The summed E-state index contributed by atoms with van der Waals surface area (Å²) in [4.78, 5) is 32.8. The molecule has 146 valence electrons. The fourth-order valence-electron chi connectivity index (χ4n) is 1.63. The molecule has 0 saturated heterocycles. The van der Waals surface area contributed by atoms with Gasteiger partial charge in [0.2, 0.25) is 0 Å². The Bertz CT molecular complexity index is 628. The Morgan fingerprint density at radius 1 is 1.27 bits per heavy atom. The fourth-order valence-corrected chi connectivity index (χ4v) is 2.26. The molecule has 1 amide bonds. The van der Waals surface area contributed by atoms with Gasteiger partial charge in [0.15, 0.2) is 0 Å². The van der Waals surface area contributed by atoms with Crippen LogP contribution in [0.4, 0.5) is 5.69 Å². The summed E-state index contributed by atoms with van der Waals surface area (Å²) in [6, 6.07) is 3.20. The summed E-state index contributed by atoms with van der Waals surface area (Å²) in [6.07, 6.45) is 2.29. The molecule has 0 aromatic heterocycles. The number of nitrogen functional groups attached to an aromatic ring is 1. The van der Waals surface area contributed by atoms with Crippen molar-refractivity contribution >= 4 is 47.9 Å². The van der Waals surface area contributed by atoms with E-state index < -0.39 is 29.9 Å².